The lowest BCUT2D eigenvalue weighted by molar-refractivity contribution is -0.138. The zero-order valence-corrected chi connectivity index (χ0v) is 9.61. The van der Waals surface area contributed by atoms with Crippen molar-refractivity contribution in [2.45, 2.75) is 38.6 Å². The molecule has 0 aromatic heterocycles. The number of carboxylic acids is 1. The number of hydrogen-bond acceptors (Lipinski definition) is 3. The van der Waals surface area contributed by atoms with E-state index in [1.807, 2.05) is 0 Å². The zero-order chi connectivity index (χ0) is 12.1. The third kappa shape index (κ3) is 4.18. The Morgan fingerprint density at radius 1 is 1.50 bits per heavy atom. The maximum atomic E-state index is 11.4. The van der Waals surface area contributed by atoms with Gasteiger partial charge in [0.15, 0.2) is 0 Å². The summed E-state index contributed by atoms with van der Waals surface area (Å²) in [4.78, 5) is 21.8. The van der Waals surface area contributed by atoms with Gasteiger partial charge < -0.3 is 16.2 Å². The van der Waals surface area contributed by atoms with Crippen molar-refractivity contribution in [3.63, 3.8) is 0 Å². The van der Waals surface area contributed by atoms with Gasteiger partial charge in [-0.25, -0.2) is 0 Å². The van der Waals surface area contributed by atoms with Crippen LogP contribution in [0.3, 0.4) is 0 Å². The van der Waals surface area contributed by atoms with E-state index < -0.39 is 12.0 Å². The summed E-state index contributed by atoms with van der Waals surface area (Å²) >= 11 is 0. The molecule has 0 radical (unpaired) electrons. The second-order valence-electron chi connectivity index (χ2n) is 4.55. The van der Waals surface area contributed by atoms with Crippen molar-refractivity contribution in [2.24, 2.45) is 17.6 Å². The minimum absolute atomic E-state index is 0.134. The summed E-state index contributed by atoms with van der Waals surface area (Å²) in [7, 11) is 0. The molecule has 1 fully saturated rings. The average Bonchev–Trinajstić information content (AvgIpc) is 2.94. The molecule has 1 aliphatic rings. The van der Waals surface area contributed by atoms with E-state index in [-0.39, 0.29) is 11.8 Å². The summed E-state index contributed by atoms with van der Waals surface area (Å²) in [6, 6.07) is -0.779. The lowest BCUT2D eigenvalue weighted by Crippen LogP contribution is -2.30. The third-order valence-corrected chi connectivity index (χ3v) is 3.00. The molecule has 0 aromatic carbocycles. The van der Waals surface area contributed by atoms with Crippen LogP contribution >= 0.6 is 0 Å². The number of nitrogens with two attached hydrogens (primary N) is 1. The molecule has 0 saturated heterocycles. The quantitative estimate of drug-likeness (QED) is 0.548. The third-order valence-electron chi connectivity index (χ3n) is 3.00. The number of nitrogens with one attached hydrogen (secondary N) is 1. The first kappa shape index (κ1) is 13.0. The molecule has 0 aliphatic heterocycles. The largest absolute Gasteiger partial charge is 0.480 e. The molecular weight excluding hydrogens is 208 g/mol. The minimum atomic E-state index is -0.962. The van der Waals surface area contributed by atoms with E-state index in [4.69, 9.17) is 10.8 Å². The second kappa shape index (κ2) is 5.84. The van der Waals surface area contributed by atoms with Crippen LogP contribution in [0, 0.1) is 11.8 Å². The summed E-state index contributed by atoms with van der Waals surface area (Å²) in [6.45, 7) is 2.69. The van der Waals surface area contributed by atoms with Crippen LogP contribution in [0.25, 0.3) is 0 Å². The van der Waals surface area contributed by atoms with Crippen LogP contribution in [0.1, 0.15) is 32.6 Å². The predicted octanol–water partition coefficient (Wildman–Crippen LogP) is 0.341. The minimum Gasteiger partial charge on any atom is -0.480 e. The second-order valence-corrected chi connectivity index (χ2v) is 4.55. The van der Waals surface area contributed by atoms with Crippen molar-refractivity contribution in [3.8, 4) is 0 Å². The van der Waals surface area contributed by atoms with Crippen molar-refractivity contribution < 1.29 is 14.7 Å². The standard InChI is InChI=1S/C11H20N2O3/c1-7-6-8(7)10(14)13-5-3-2-4-9(12)11(15)16/h7-9H,2-6,12H2,1H3,(H,13,14)(H,15,16). The fraction of sp³-hybridized carbons (Fsp3) is 0.818. The Kier molecular flexibility index (Phi) is 4.73. The zero-order valence-electron chi connectivity index (χ0n) is 9.61. The molecule has 1 aliphatic carbocycles. The molecule has 5 nitrogen and oxygen atoms in total. The van der Waals surface area contributed by atoms with Crippen LogP contribution in [0.5, 0.6) is 0 Å². The molecule has 1 amide bonds. The van der Waals surface area contributed by atoms with Gasteiger partial charge in [-0.1, -0.05) is 6.92 Å². The first-order valence-electron chi connectivity index (χ1n) is 5.78. The van der Waals surface area contributed by atoms with E-state index in [1.54, 1.807) is 0 Å². The van der Waals surface area contributed by atoms with E-state index in [2.05, 4.69) is 12.2 Å². The lowest BCUT2D eigenvalue weighted by Gasteiger charge is -2.06. The Balaban J connectivity index is 1.96. The molecule has 92 valence electrons. The van der Waals surface area contributed by atoms with Gasteiger partial charge in [-0.3, -0.25) is 9.59 Å². The molecule has 1 saturated carbocycles. The number of carbonyl (C=O) groups is 2. The smallest absolute Gasteiger partial charge is 0.320 e. The number of amides is 1. The monoisotopic (exact) mass is 228 g/mol. The fourth-order valence-corrected chi connectivity index (χ4v) is 1.64. The first-order chi connectivity index (χ1) is 7.52. The summed E-state index contributed by atoms with van der Waals surface area (Å²) < 4.78 is 0. The summed E-state index contributed by atoms with van der Waals surface area (Å²) in [5.41, 5.74) is 5.35. The molecule has 1 rings (SSSR count). The van der Waals surface area contributed by atoms with Gasteiger partial charge in [-0.05, 0) is 31.6 Å². The summed E-state index contributed by atoms with van der Waals surface area (Å²) in [5.74, 6) is -0.0902. The lowest BCUT2D eigenvalue weighted by atomic mass is 10.1. The highest BCUT2D eigenvalue weighted by atomic mass is 16.4. The van der Waals surface area contributed by atoms with Gasteiger partial charge in [-0.2, -0.15) is 0 Å². The molecule has 0 aromatic rings. The Morgan fingerprint density at radius 3 is 2.62 bits per heavy atom. The highest BCUT2D eigenvalue weighted by molar-refractivity contribution is 5.81. The van der Waals surface area contributed by atoms with Crippen molar-refractivity contribution in [2.75, 3.05) is 6.54 Å². The fourth-order valence-electron chi connectivity index (χ4n) is 1.64. The highest BCUT2D eigenvalue weighted by Gasteiger charge is 2.38. The molecule has 4 N–H and O–H groups in total. The van der Waals surface area contributed by atoms with Crippen LogP contribution in [-0.2, 0) is 9.59 Å². The summed E-state index contributed by atoms with van der Waals surface area (Å²) in [5, 5.41) is 11.4. The number of carbonyl (C=O) groups excluding carboxylic acids is 1. The SMILES string of the molecule is CC1CC1C(=O)NCCCCC(N)C(=O)O. The van der Waals surface area contributed by atoms with Crippen molar-refractivity contribution in [3.05, 3.63) is 0 Å². The van der Waals surface area contributed by atoms with Gasteiger partial charge in [0.05, 0.1) is 0 Å². The van der Waals surface area contributed by atoms with Gasteiger partial charge in [0.1, 0.15) is 6.04 Å². The van der Waals surface area contributed by atoms with Crippen LogP contribution in [-0.4, -0.2) is 29.6 Å². The van der Waals surface area contributed by atoms with Crippen LogP contribution in [0.2, 0.25) is 0 Å². The molecule has 0 heterocycles. The van der Waals surface area contributed by atoms with Crippen molar-refractivity contribution >= 4 is 11.9 Å². The van der Waals surface area contributed by atoms with Crippen LogP contribution < -0.4 is 11.1 Å². The van der Waals surface area contributed by atoms with Crippen molar-refractivity contribution in [1.29, 1.82) is 0 Å². The van der Waals surface area contributed by atoms with E-state index >= 15 is 0 Å². The highest BCUT2D eigenvalue weighted by Crippen LogP contribution is 2.37. The van der Waals surface area contributed by atoms with Gasteiger partial charge in [0, 0.05) is 12.5 Å². The normalized spacial score (nSPS) is 24.9. The number of aliphatic carboxylic acids is 1. The van der Waals surface area contributed by atoms with Gasteiger partial charge >= 0.3 is 5.97 Å². The summed E-state index contributed by atoms with van der Waals surface area (Å²) in [6.07, 6.45) is 2.97. The van der Waals surface area contributed by atoms with Crippen LogP contribution in [0.15, 0.2) is 0 Å². The van der Waals surface area contributed by atoms with Crippen molar-refractivity contribution in [1.82, 2.24) is 5.32 Å². The Hall–Kier alpha value is -1.10. The van der Waals surface area contributed by atoms with E-state index in [0.717, 1.165) is 19.3 Å². The first-order valence-corrected chi connectivity index (χ1v) is 5.78. The maximum Gasteiger partial charge on any atom is 0.320 e. The molecule has 0 bridgehead atoms. The molecule has 3 atom stereocenters. The predicted molar refractivity (Wildman–Crippen MR) is 59.7 cm³/mol. The van der Waals surface area contributed by atoms with Crippen LogP contribution in [0.4, 0.5) is 0 Å². The Morgan fingerprint density at radius 2 is 2.12 bits per heavy atom. The number of rotatable bonds is 7. The van der Waals surface area contributed by atoms with Gasteiger partial charge in [0.25, 0.3) is 0 Å². The molecule has 5 heteroatoms. The van der Waals surface area contributed by atoms with E-state index in [1.165, 1.54) is 0 Å². The topological polar surface area (TPSA) is 92.4 Å². The molecular formula is C11H20N2O3. The Bertz CT molecular complexity index is 268. The average molecular weight is 228 g/mol. The molecule has 0 spiro atoms. The number of unbranched alkanes of at least 4 members (excludes halogenated alkanes) is 1. The molecule has 16 heavy (non-hydrogen) atoms. The number of hydrogen-bond donors (Lipinski definition) is 3. The molecule has 3 unspecified atom stereocenters. The Labute approximate surface area is 95.4 Å². The maximum absolute atomic E-state index is 11.4. The van der Waals surface area contributed by atoms with E-state index in [0.29, 0.717) is 18.9 Å². The van der Waals surface area contributed by atoms with E-state index in [9.17, 15) is 9.59 Å². The number of carboxylic acid groups (broad SMARTS) is 1. The van der Waals surface area contributed by atoms with Gasteiger partial charge in [0.2, 0.25) is 5.91 Å². The van der Waals surface area contributed by atoms with Gasteiger partial charge in [-0.15, -0.1) is 0 Å².